The summed E-state index contributed by atoms with van der Waals surface area (Å²) < 4.78 is 82.9. The zero-order valence-corrected chi connectivity index (χ0v) is 19.4. The number of hydrogen-bond donors (Lipinski definition) is 0. The molecule has 0 unspecified atom stereocenters. The molecule has 2 heterocycles. The Hall–Kier alpha value is -5.86. The fourth-order valence-electron chi connectivity index (χ4n) is 3.98. The minimum Gasteiger partial charge on any atom is -0.404 e. The van der Waals surface area contributed by atoms with Gasteiger partial charge < -0.3 is 9.47 Å². The van der Waals surface area contributed by atoms with Crippen LogP contribution in [0, 0.1) is 45.3 Å². The molecule has 0 radical (unpaired) electrons. The largest absolute Gasteiger partial charge is 0.573 e. The Morgan fingerprint density at radius 1 is 0.600 bits per heavy atom. The number of alkyl halides is 6. The van der Waals surface area contributed by atoms with Crippen LogP contribution in [0.2, 0.25) is 0 Å². The molecule has 4 rings (SSSR count). The molecule has 0 aromatic carbocycles. The van der Waals surface area contributed by atoms with E-state index in [0.717, 1.165) is 36.7 Å². The zero-order chi connectivity index (χ0) is 29.2. The predicted octanol–water partition coefficient (Wildman–Crippen LogP) is 5.75. The monoisotopic (exact) mass is 550 g/mol. The normalized spacial score (nSPS) is 14.2. The van der Waals surface area contributed by atoms with Crippen LogP contribution in [0.1, 0.15) is 11.4 Å². The molecule has 0 saturated carbocycles. The van der Waals surface area contributed by atoms with E-state index in [-0.39, 0.29) is 44.8 Å². The zero-order valence-electron chi connectivity index (χ0n) is 19.4. The Balaban J connectivity index is 1.85. The molecule has 2 aliphatic carbocycles. The summed E-state index contributed by atoms with van der Waals surface area (Å²) in [5.74, 6) is -1.24. The van der Waals surface area contributed by atoms with Gasteiger partial charge >= 0.3 is 12.7 Å². The molecule has 14 heteroatoms. The van der Waals surface area contributed by atoms with Crippen molar-refractivity contribution in [2.75, 3.05) is 0 Å². The molecule has 0 atom stereocenters. The number of allylic oxidation sites excluding steroid dienone is 10. The first-order valence-corrected chi connectivity index (χ1v) is 10.6. The number of nitriles is 4. The lowest BCUT2D eigenvalue weighted by atomic mass is 9.93. The van der Waals surface area contributed by atoms with Gasteiger partial charge in [-0.25, -0.2) is 0 Å². The minimum atomic E-state index is -4.96. The molecular formula is C26H8F6N6O2. The second-order valence-electron chi connectivity index (χ2n) is 7.74. The number of aromatic nitrogens is 2. The fraction of sp³-hybridized carbons (Fsp3) is 0.0769. The van der Waals surface area contributed by atoms with Gasteiger partial charge in [0.15, 0.2) is 0 Å². The lowest BCUT2D eigenvalue weighted by molar-refractivity contribution is -0.275. The van der Waals surface area contributed by atoms with E-state index < -0.39 is 35.4 Å². The van der Waals surface area contributed by atoms with E-state index in [4.69, 9.17) is 0 Å². The summed E-state index contributed by atoms with van der Waals surface area (Å²) in [6, 6.07) is 11.2. The highest BCUT2D eigenvalue weighted by Gasteiger charge is 2.36. The Morgan fingerprint density at radius 2 is 0.950 bits per heavy atom. The summed E-state index contributed by atoms with van der Waals surface area (Å²) in [5.41, 5.74) is -0.0822. The molecule has 0 saturated heterocycles. The lowest BCUT2D eigenvalue weighted by Crippen LogP contribution is -2.17. The summed E-state index contributed by atoms with van der Waals surface area (Å²) in [5, 5.41) is 38.5. The number of pyridine rings is 2. The summed E-state index contributed by atoms with van der Waals surface area (Å²) in [6.07, 6.45) is -5.58. The first-order chi connectivity index (χ1) is 18.9. The van der Waals surface area contributed by atoms with Gasteiger partial charge in [0, 0.05) is 22.3 Å². The molecule has 0 aliphatic heterocycles. The lowest BCUT2D eigenvalue weighted by Gasteiger charge is -2.12. The van der Waals surface area contributed by atoms with Crippen molar-refractivity contribution >= 4 is 11.1 Å². The van der Waals surface area contributed by atoms with Gasteiger partial charge in [0.25, 0.3) is 0 Å². The van der Waals surface area contributed by atoms with Crippen molar-refractivity contribution in [2.45, 2.75) is 12.7 Å². The molecule has 0 fully saturated rings. The van der Waals surface area contributed by atoms with Crippen molar-refractivity contribution in [3.05, 3.63) is 93.6 Å². The molecule has 2 aromatic rings. The molecule has 0 bridgehead atoms. The third-order valence-electron chi connectivity index (χ3n) is 5.38. The SMILES string of the molecule is N#CC(C#N)=C1C(c2ccc(OC(F)(F)F)cn2)=CC2=C1C=C(c1ccc(OC(F)(F)F)cn1)C2=C(C#N)C#N. The first kappa shape index (κ1) is 27.2. The second-order valence-corrected chi connectivity index (χ2v) is 7.74. The van der Waals surface area contributed by atoms with Crippen LogP contribution in [0.15, 0.2) is 82.2 Å². The maximum atomic E-state index is 12.5. The van der Waals surface area contributed by atoms with Crippen LogP contribution in [0.5, 0.6) is 11.5 Å². The van der Waals surface area contributed by atoms with Gasteiger partial charge in [-0.3, -0.25) is 9.97 Å². The summed E-state index contributed by atoms with van der Waals surface area (Å²) in [6.45, 7) is 0. The highest BCUT2D eigenvalue weighted by molar-refractivity contribution is 6.04. The van der Waals surface area contributed by atoms with Gasteiger partial charge in [0.05, 0.1) is 23.8 Å². The third-order valence-corrected chi connectivity index (χ3v) is 5.38. The molecule has 0 amide bonds. The van der Waals surface area contributed by atoms with E-state index >= 15 is 0 Å². The van der Waals surface area contributed by atoms with Crippen LogP contribution in [0.4, 0.5) is 26.3 Å². The molecule has 2 aromatic heterocycles. The van der Waals surface area contributed by atoms with Crippen molar-refractivity contribution in [1.82, 2.24) is 9.97 Å². The van der Waals surface area contributed by atoms with E-state index in [9.17, 15) is 47.4 Å². The average Bonchev–Trinajstić information content (AvgIpc) is 3.42. The highest BCUT2D eigenvalue weighted by Crippen LogP contribution is 2.50. The number of hydrogen-bond acceptors (Lipinski definition) is 8. The van der Waals surface area contributed by atoms with Crippen molar-refractivity contribution in [1.29, 1.82) is 21.0 Å². The molecule has 8 nitrogen and oxygen atoms in total. The molecule has 196 valence electrons. The van der Waals surface area contributed by atoms with Gasteiger partial charge in [-0.15, -0.1) is 26.3 Å². The Morgan fingerprint density at radius 3 is 1.20 bits per heavy atom. The van der Waals surface area contributed by atoms with Crippen molar-refractivity contribution in [3.63, 3.8) is 0 Å². The Kier molecular flexibility index (Phi) is 6.88. The van der Waals surface area contributed by atoms with Gasteiger partial charge in [-0.2, -0.15) is 21.0 Å². The van der Waals surface area contributed by atoms with E-state index in [0.29, 0.717) is 0 Å². The summed E-state index contributed by atoms with van der Waals surface area (Å²) in [7, 11) is 0. The number of rotatable bonds is 4. The van der Waals surface area contributed by atoms with Crippen LogP contribution in [-0.4, -0.2) is 22.7 Å². The van der Waals surface area contributed by atoms with E-state index in [1.807, 2.05) is 0 Å². The maximum Gasteiger partial charge on any atom is 0.573 e. The van der Waals surface area contributed by atoms with Gasteiger partial charge in [0.2, 0.25) is 0 Å². The fourth-order valence-corrected chi connectivity index (χ4v) is 3.98. The maximum absolute atomic E-state index is 12.5. The number of nitrogens with zero attached hydrogens (tertiary/aromatic N) is 6. The van der Waals surface area contributed by atoms with Gasteiger partial charge in [-0.1, -0.05) is 0 Å². The summed E-state index contributed by atoms with van der Waals surface area (Å²) in [4.78, 5) is 7.88. The van der Waals surface area contributed by atoms with E-state index in [1.165, 1.54) is 12.2 Å². The highest BCUT2D eigenvalue weighted by atomic mass is 19.4. The topological polar surface area (TPSA) is 139 Å². The number of halogens is 6. The van der Waals surface area contributed by atoms with Crippen LogP contribution in [0.25, 0.3) is 11.1 Å². The van der Waals surface area contributed by atoms with Crippen LogP contribution in [-0.2, 0) is 0 Å². The van der Waals surface area contributed by atoms with Crippen LogP contribution >= 0.6 is 0 Å². The molecule has 40 heavy (non-hydrogen) atoms. The van der Waals surface area contributed by atoms with Gasteiger partial charge in [-0.05, 0) is 47.6 Å². The second kappa shape index (κ2) is 10.1. The summed E-state index contributed by atoms with van der Waals surface area (Å²) >= 11 is 0. The predicted molar refractivity (Wildman–Crippen MR) is 121 cm³/mol. The number of ether oxygens (including phenoxy) is 2. The van der Waals surface area contributed by atoms with Crippen molar-refractivity contribution in [2.24, 2.45) is 0 Å². The van der Waals surface area contributed by atoms with Crippen LogP contribution in [0.3, 0.4) is 0 Å². The Labute approximate surface area is 220 Å². The molecular weight excluding hydrogens is 542 g/mol. The van der Waals surface area contributed by atoms with E-state index in [1.54, 1.807) is 24.3 Å². The van der Waals surface area contributed by atoms with Crippen molar-refractivity contribution in [3.8, 4) is 35.8 Å². The first-order valence-electron chi connectivity index (χ1n) is 10.6. The van der Waals surface area contributed by atoms with E-state index in [2.05, 4.69) is 19.4 Å². The van der Waals surface area contributed by atoms with Gasteiger partial charge in [0.1, 0.15) is 46.9 Å². The molecule has 0 spiro atoms. The third kappa shape index (κ3) is 5.38. The molecule has 0 N–H and O–H groups in total. The van der Waals surface area contributed by atoms with Crippen molar-refractivity contribution < 1.29 is 35.8 Å². The Bertz CT molecular complexity index is 1570. The average molecular weight is 550 g/mol. The standard InChI is InChI=1S/C26H8F6N6O2/c27-25(28,29)39-15-1-3-21(37-11-15)19-5-17-18(23(19)13(7-33)8-34)6-20(24(17)14(9-35)10-36)22-4-2-16(12-38-22)40-26(30,31)32/h1-6,11-12H. The van der Waals surface area contributed by atoms with Crippen LogP contribution < -0.4 is 9.47 Å². The smallest absolute Gasteiger partial charge is 0.404 e. The molecule has 2 aliphatic rings. The minimum absolute atomic E-state index is 0.0109. The quantitative estimate of drug-likeness (QED) is 0.346.